The Morgan fingerprint density at radius 3 is 2.71 bits per heavy atom. The number of nitrogens with two attached hydrogens (primary N) is 1. The maximum atomic E-state index is 11.8. The van der Waals surface area contributed by atoms with Gasteiger partial charge in [0.25, 0.3) is 0 Å². The first kappa shape index (κ1) is 13.4. The van der Waals surface area contributed by atoms with Crippen molar-refractivity contribution in [3.8, 4) is 0 Å². The van der Waals surface area contributed by atoms with Crippen molar-refractivity contribution >= 4 is 11.7 Å². The van der Waals surface area contributed by atoms with Crippen molar-refractivity contribution in [3.05, 3.63) is 18.2 Å². The van der Waals surface area contributed by atoms with Crippen LogP contribution in [0.15, 0.2) is 12.5 Å². The van der Waals surface area contributed by atoms with Crippen molar-refractivity contribution in [1.82, 2.24) is 15.3 Å². The van der Waals surface area contributed by atoms with Crippen LogP contribution in [0.4, 0.5) is 0 Å². The molecule has 0 saturated heterocycles. The summed E-state index contributed by atoms with van der Waals surface area (Å²) in [6, 6.07) is -0.700. The normalized spacial score (nSPS) is 13.2. The van der Waals surface area contributed by atoms with E-state index in [0.717, 1.165) is 5.69 Å². The summed E-state index contributed by atoms with van der Waals surface area (Å²) in [5, 5.41) is 2.62. The van der Waals surface area contributed by atoms with Gasteiger partial charge in [0.05, 0.1) is 17.9 Å². The molecule has 1 aromatic heterocycles. The monoisotopic (exact) mass is 238 g/mol. The van der Waals surface area contributed by atoms with Crippen molar-refractivity contribution in [2.75, 3.05) is 0 Å². The summed E-state index contributed by atoms with van der Waals surface area (Å²) in [7, 11) is 0. The molecule has 1 atom stereocenters. The van der Waals surface area contributed by atoms with E-state index in [1.54, 1.807) is 20.0 Å². The molecule has 0 radical (unpaired) electrons. The summed E-state index contributed by atoms with van der Waals surface area (Å²) in [6.07, 6.45) is 3.50. The minimum atomic E-state index is -0.886. The zero-order valence-corrected chi connectivity index (χ0v) is 10.3. The van der Waals surface area contributed by atoms with Crippen LogP contribution in [0.5, 0.6) is 0 Å². The first-order valence-electron chi connectivity index (χ1n) is 5.39. The fourth-order valence-corrected chi connectivity index (χ4v) is 1.21. The topological polar surface area (TPSA) is 101 Å². The lowest BCUT2D eigenvalue weighted by Gasteiger charge is -2.24. The van der Waals surface area contributed by atoms with Crippen molar-refractivity contribution < 1.29 is 9.59 Å². The maximum Gasteiger partial charge on any atom is 0.238 e. The predicted molar refractivity (Wildman–Crippen MR) is 63.2 cm³/mol. The molecule has 0 saturated carbocycles. The number of hydrogen-bond donors (Lipinski definition) is 3. The number of nitrogens with one attached hydrogen (secondary N) is 2. The Bertz CT molecular complexity index is 398. The summed E-state index contributed by atoms with van der Waals surface area (Å²) < 4.78 is 0. The van der Waals surface area contributed by atoms with Gasteiger partial charge in [-0.2, -0.15) is 0 Å². The van der Waals surface area contributed by atoms with Gasteiger partial charge >= 0.3 is 0 Å². The number of amides is 1. The summed E-state index contributed by atoms with van der Waals surface area (Å²) in [5.74, 6) is -0.459. The van der Waals surface area contributed by atoms with Crippen LogP contribution >= 0.6 is 0 Å². The minimum absolute atomic E-state index is 0.111. The van der Waals surface area contributed by atoms with Gasteiger partial charge in [-0.3, -0.25) is 9.59 Å². The molecular formula is C11H18N4O2. The number of aromatic amines is 1. The zero-order chi connectivity index (χ0) is 13.1. The molecule has 4 N–H and O–H groups in total. The van der Waals surface area contributed by atoms with Gasteiger partial charge < -0.3 is 16.0 Å². The van der Waals surface area contributed by atoms with Crippen LogP contribution in [0.1, 0.15) is 26.5 Å². The second kappa shape index (κ2) is 5.09. The SMILES string of the molecule is CC(=O)C(C)(C)NC(=O)C(N)Cc1cnc[nH]1. The fraction of sp³-hybridized carbons (Fsp3) is 0.545. The number of carbonyl (C=O) groups excluding carboxylic acids is 2. The van der Waals surface area contributed by atoms with Crippen LogP contribution in [0.25, 0.3) is 0 Å². The minimum Gasteiger partial charge on any atom is -0.348 e. The predicted octanol–water partition coefficient (Wildman–Crippen LogP) is -0.237. The number of nitrogens with zero attached hydrogens (tertiary/aromatic N) is 1. The van der Waals surface area contributed by atoms with Crippen LogP contribution in [-0.4, -0.2) is 33.2 Å². The van der Waals surface area contributed by atoms with Crippen LogP contribution in [0.3, 0.4) is 0 Å². The molecule has 0 aliphatic rings. The third-order valence-corrected chi connectivity index (χ3v) is 2.65. The molecule has 1 amide bonds. The highest BCUT2D eigenvalue weighted by Crippen LogP contribution is 2.04. The van der Waals surface area contributed by atoms with E-state index in [1.807, 2.05) is 0 Å². The second-order valence-corrected chi connectivity index (χ2v) is 4.56. The van der Waals surface area contributed by atoms with Crippen molar-refractivity contribution in [3.63, 3.8) is 0 Å². The molecule has 1 unspecified atom stereocenters. The van der Waals surface area contributed by atoms with Crippen molar-refractivity contribution in [2.45, 2.75) is 38.8 Å². The number of hydrogen-bond acceptors (Lipinski definition) is 4. The molecule has 1 rings (SSSR count). The lowest BCUT2D eigenvalue weighted by molar-refractivity contribution is -0.130. The van der Waals surface area contributed by atoms with Gasteiger partial charge in [0.1, 0.15) is 0 Å². The number of carbonyl (C=O) groups is 2. The fourth-order valence-electron chi connectivity index (χ4n) is 1.21. The number of H-pyrrole nitrogens is 1. The Morgan fingerprint density at radius 2 is 2.24 bits per heavy atom. The Hall–Kier alpha value is -1.69. The third-order valence-electron chi connectivity index (χ3n) is 2.65. The van der Waals surface area contributed by atoms with Crippen molar-refractivity contribution in [2.24, 2.45) is 5.73 Å². The molecule has 0 aromatic carbocycles. The lowest BCUT2D eigenvalue weighted by Crippen LogP contribution is -2.54. The second-order valence-electron chi connectivity index (χ2n) is 4.56. The van der Waals surface area contributed by atoms with E-state index in [9.17, 15) is 9.59 Å². The largest absolute Gasteiger partial charge is 0.348 e. The molecule has 6 nitrogen and oxygen atoms in total. The van der Waals surface area contributed by atoms with E-state index in [-0.39, 0.29) is 11.7 Å². The highest BCUT2D eigenvalue weighted by atomic mass is 16.2. The number of rotatable bonds is 5. The molecule has 0 aliphatic heterocycles. The highest BCUT2D eigenvalue weighted by molar-refractivity contribution is 5.92. The summed E-state index contributed by atoms with van der Waals surface area (Å²) in [5.41, 5.74) is 5.64. The molecule has 94 valence electrons. The standard InChI is InChI=1S/C11H18N4O2/c1-7(16)11(2,3)15-10(17)9(12)4-8-5-13-6-14-8/h5-6,9H,4,12H2,1-3H3,(H,13,14)(H,15,17). The van der Waals surface area contributed by atoms with E-state index in [4.69, 9.17) is 5.73 Å². The molecule has 0 spiro atoms. The number of ketones is 1. The Balaban J connectivity index is 2.56. The van der Waals surface area contributed by atoms with Crippen molar-refractivity contribution in [1.29, 1.82) is 0 Å². The van der Waals surface area contributed by atoms with Gasteiger partial charge in [-0.1, -0.05) is 0 Å². The van der Waals surface area contributed by atoms with Crippen LogP contribution in [0, 0.1) is 0 Å². The Kier molecular flexibility index (Phi) is 4.01. The number of imidazole rings is 1. The number of aromatic nitrogens is 2. The molecule has 0 aliphatic carbocycles. The highest BCUT2D eigenvalue weighted by Gasteiger charge is 2.28. The average Bonchev–Trinajstić information content (AvgIpc) is 2.69. The van der Waals surface area contributed by atoms with Gasteiger partial charge in [-0.25, -0.2) is 4.98 Å². The average molecular weight is 238 g/mol. The van der Waals surface area contributed by atoms with Gasteiger partial charge in [0, 0.05) is 18.3 Å². The Morgan fingerprint density at radius 1 is 1.59 bits per heavy atom. The summed E-state index contributed by atoms with van der Waals surface area (Å²) >= 11 is 0. The van der Waals surface area contributed by atoms with Gasteiger partial charge in [-0.05, 0) is 20.8 Å². The molecule has 6 heteroatoms. The summed E-state index contributed by atoms with van der Waals surface area (Å²) in [4.78, 5) is 29.7. The molecule has 1 heterocycles. The molecule has 0 fully saturated rings. The van der Waals surface area contributed by atoms with E-state index < -0.39 is 11.6 Å². The van der Waals surface area contributed by atoms with Gasteiger partial charge in [0.2, 0.25) is 5.91 Å². The summed E-state index contributed by atoms with van der Waals surface area (Å²) in [6.45, 7) is 4.73. The molecule has 17 heavy (non-hydrogen) atoms. The van der Waals surface area contributed by atoms with Crippen LogP contribution < -0.4 is 11.1 Å². The first-order chi connectivity index (χ1) is 7.83. The molecule has 0 bridgehead atoms. The number of Topliss-reactive ketones (excluding diaryl/α,β-unsaturated/α-hetero) is 1. The maximum absolute atomic E-state index is 11.8. The third kappa shape index (κ3) is 3.67. The van der Waals surface area contributed by atoms with Crippen LogP contribution in [0.2, 0.25) is 0 Å². The van der Waals surface area contributed by atoms with E-state index in [0.29, 0.717) is 6.42 Å². The quantitative estimate of drug-likeness (QED) is 0.659. The zero-order valence-electron chi connectivity index (χ0n) is 10.3. The Labute approximate surface area is 100.0 Å². The van der Waals surface area contributed by atoms with E-state index >= 15 is 0 Å². The molecular weight excluding hydrogens is 220 g/mol. The smallest absolute Gasteiger partial charge is 0.238 e. The van der Waals surface area contributed by atoms with Gasteiger partial charge in [-0.15, -0.1) is 0 Å². The lowest BCUT2D eigenvalue weighted by atomic mass is 9.99. The van der Waals surface area contributed by atoms with Gasteiger partial charge in [0.15, 0.2) is 5.78 Å². The first-order valence-corrected chi connectivity index (χ1v) is 5.39. The van der Waals surface area contributed by atoms with Crippen LogP contribution in [-0.2, 0) is 16.0 Å². The van der Waals surface area contributed by atoms with E-state index in [1.165, 1.54) is 13.3 Å². The molecule has 1 aromatic rings. The van der Waals surface area contributed by atoms with E-state index in [2.05, 4.69) is 15.3 Å².